The summed E-state index contributed by atoms with van der Waals surface area (Å²) in [6, 6.07) is 0. The number of hydrogen-bond acceptors (Lipinski definition) is 3. The lowest BCUT2D eigenvalue weighted by Crippen LogP contribution is -2.25. The Morgan fingerprint density at radius 1 is 1.38 bits per heavy atom. The Bertz CT molecular complexity index is 162. The smallest absolute Gasteiger partial charge is 0.308 e. The Kier molecular flexibility index (Phi) is 4.99. The molecule has 0 saturated carbocycles. The molecule has 0 rings (SSSR count). The first-order valence-corrected chi connectivity index (χ1v) is 4.61. The standard InChI is InChI=1S/C10H20O3/c1-8(2)9(11)13-7-6-10(3,4)12-5/h8H,6-7H2,1-5H3. The fourth-order valence-electron chi connectivity index (χ4n) is 0.666. The molecule has 0 aromatic carbocycles. The van der Waals surface area contributed by atoms with Crippen molar-refractivity contribution in [1.82, 2.24) is 0 Å². The molecule has 0 amide bonds. The maximum atomic E-state index is 11.1. The van der Waals surface area contributed by atoms with E-state index in [1.165, 1.54) is 0 Å². The van der Waals surface area contributed by atoms with Gasteiger partial charge in [0.1, 0.15) is 0 Å². The van der Waals surface area contributed by atoms with Gasteiger partial charge in [0.05, 0.1) is 18.1 Å². The van der Waals surface area contributed by atoms with Crippen LogP contribution in [0.2, 0.25) is 0 Å². The SMILES string of the molecule is COC(C)(C)CCOC(=O)C(C)C. The van der Waals surface area contributed by atoms with Crippen molar-refractivity contribution in [2.24, 2.45) is 5.92 Å². The van der Waals surface area contributed by atoms with Crippen molar-refractivity contribution in [3.63, 3.8) is 0 Å². The summed E-state index contributed by atoms with van der Waals surface area (Å²) in [5, 5.41) is 0. The summed E-state index contributed by atoms with van der Waals surface area (Å²) in [6.45, 7) is 8.01. The van der Waals surface area contributed by atoms with E-state index in [1.54, 1.807) is 7.11 Å². The summed E-state index contributed by atoms with van der Waals surface area (Å²) >= 11 is 0. The zero-order chi connectivity index (χ0) is 10.5. The molecule has 3 nitrogen and oxygen atoms in total. The van der Waals surface area contributed by atoms with Crippen LogP contribution in [-0.2, 0) is 14.3 Å². The summed E-state index contributed by atoms with van der Waals surface area (Å²) < 4.78 is 10.2. The molecule has 0 unspecified atom stereocenters. The molecule has 0 bridgehead atoms. The molecule has 0 aliphatic carbocycles. The first kappa shape index (κ1) is 12.4. The van der Waals surface area contributed by atoms with E-state index in [9.17, 15) is 4.79 Å². The number of carbonyl (C=O) groups excluding carboxylic acids is 1. The van der Waals surface area contributed by atoms with Crippen LogP contribution >= 0.6 is 0 Å². The van der Waals surface area contributed by atoms with Gasteiger partial charge in [-0.05, 0) is 13.8 Å². The van der Waals surface area contributed by atoms with Gasteiger partial charge in [-0.2, -0.15) is 0 Å². The first-order chi connectivity index (χ1) is 5.89. The van der Waals surface area contributed by atoms with E-state index >= 15 is 0 Å². The van der Waals surface area contributed by atoms with Gasteiger partial charge >= 0.3 is 5.97 Å². The summed E-state index contributed by atoms with van der Waals surface area (Å²) in [7, 11) is 1.66. The van der Waals surface area contributed by atoms with Crippen molar-refractivity contribution in [1.29, 1.82) is 0 Å². The molecule has 0 saturated heterocycles. The number of carbonyl (C=O) groups is 1. The Labute approximate surface area is 80.4 Å². The third-order valence-corrected chi connectivity index (χ3v) is 1.97. The van der Waals surface area contributed by atoms with Crippen LogP contribution in [-0.4, -0.2) is 25.3 Å². The molecule has 0 aliphatic heterocycles. The monoisotopic (exact) mass is 188 g/mol. The highest BCUT2D eigenvalue weighted by atomic mass is 16.5. The fourth-order valence-corrected chi connectivity index (χ4v) is 0.666. The average Bonchev–Trinajstić information content (AvgIpc) is 2.04. The van der Waals surface area contributed by atoms with Crippen molar-refractivity contribution in [3.8, 4) is 0 Å². The number of esters is 1. The molecule has 0 heterocycles. The predicted molar refractivity (Wildman–Crippen MR) is 51.5 cm³/mol. The van der Waals surface area contributed by atoms with Gasteiger partial charge in [-0.15, -0.1) is 0 Å². The predicted octanol–water partition coefficient (Wildman–Crippen LogP) is 2.00. The molecule has 0 fully saturated rings. The molecular formula is C10H20O3. The largest absolute Gasteiger partial charge is 0.465 e. The minimum atomic E-state index is -0.211. The second-order valence-electron chi connectivity index (χ2n) is 4.04. The van der Waals surface area contributed by atoms with Crippen LogP contribution in [0.3, 0.4) is 0 Å². The van der Waals surface area contributed by atoms with E-state index < -0.39 is 0 Å². The highest BCUT2D eigenvalue weighted by molar-refractivity contribution is 5.71. The van der Waals surface area contributed by atoms with Crippen LogP contribution in [0, 0.1) is 5.92 Å². The molecule has 0 aromatic heterocycles. The second kappa shape index (κ2) is 5.22. The molecule has 0 spiro atoms. The van der Waals surface area contributed by atoms with E-state index in [0.29, 0.717) is 6.61 Å². The zero-order valence-electron chi connectivity index (χ0n) is 9.22. The van der Waals surface area contributed by atoms with Crippen LogP contribution in [0.4, 0.5) is 0 Å². The van der Waals surface area contributed by atoms with Crippen LogP contribution in [0.15, 0.2) is 0 Å². The van der Waals surface area contributed by atoms with Gasteiger partial charge in [0.25, 0.3) is 0 Å². The quantitative estimate of drug-likeness (QED) is 0.619. The van der Waals surface area contributed by atoms with Gasteiger partial charge in [0.15, 0.2) is 0 Å². The molecule has 0 atom stereocenters. The molecule has 0 N–H and O–H groups in total. The summed E-state index contributed by atoms with van der Waals surface area (Å²) in [4.78, 5) is 11.1. The summed E-state index contributed by atoms with van der Waals surface area (Å²) in [6.07, 6.45) is 0.724. The van der Waals surface area contributed by atoms with Crippen LogP contribution in [0.5, 0.6) is 0 Å². The third-order valence-electron chi connectivity index (χ3n) is 1.97. The van der Waals surface area contributed by atoms with Gasteiger partial charge in [-0.1, -0.05) is 13.8 Å². The van der Waals surface area contributed by atoms with Crippen molar-refractivity contribution in [2.45, 2.75) is 39.7 Å². The lowest BCUT2D eigenvalue weighted by atomic mass is 10.1. The average molecular weight is 188 g/mol. The molecule has 78 valence electrons. The Hall–Kier alpha value is -0.570. The molecule has 0 aromatic rings. The van der Waals surface area contributed by atoms with Gasteiger partial charge in [-0.3, -0.25) is 4.79 Å². The van der Waals surface area contributed by atoms with Crippen LogP contribution in [0.1, 0.15) is 34.1 Å². The lowest BCUT2D eigenvalue weighted by Gasteiger charge is -2.22. The van der Waals surface area contributed by atoms with E-state index in [1.807, 2.05) is 27.7 Å². The Morgan fingerprint density at radius 3 is 2.31 bits per heavy atom. The maximum Gasteiger partial charge on any atom is 0.308 e. The number of hydrogen-bond donors (Lipinski definition) is 0. The lowest BCUT2D eigenvalue weighted by molar-refractivity contribution is -0.148. The normalized spacial score (nSPS) is 11.8. The van der Waals surface area contributed by atoms with E-state index in [-0.39, 0.29) is 17.5 Å². The molecule has 0 aliphatic rings. The third kappa shape index (κ3) is 5.64. The fraction of sp³-hybridized carbons (Fsp3) is 0.900. The summed E-state index contributed by atoms with van der Waals surface area (Å²) in [5.74, 6) is -0.197. The number of methoxy groups -OCH3 is 1. The van der Waals surface area contributed by atoms with Crippen molar-refractivity contribution in [2.75, 3.05) is 13.7 Å². The molecule has 0 radical (unpaired) electrons. The minimum absolute atomic E-state index is 0.0503. The molecular weight excluding hydrogens is 168 g/mol. The minimum Gasteiger partial charge on any atom is -0.465 e. The zero-order valence-corrected chi connectivity index (χ0v) is 9.22. The van der Waals surface area contributed by atoms with Crippen molar-refractivity contribution >= 4 is 5.97 Å². The molecule has 3 heteroatoms. The van der Waals surface area contributed by atoms with Crippen molar-refractivity contribution < 1.29 is 14.3 Å². The topological polar surface area (TPSA) is 35.5 Å². The second-order valence-corrected chi connectivity index (χ2v) is 4.04. The van der Waals surface area contributed by atoms with E-state index in [2.05, 4.69) is 0 Å². The number of rotatable bonds is 5. The Morgan fingerprint density at radius 2 is 1.92 bits per heavy atom. The van der Waals surface area contributed by atoms with Gasteiger partial charge in [0, 0.05) is 13.5 Å². The van der Waals surface area contributed by atoms with Gasteiger partial charge in [-0.25, -0.2) is 0 Å². The maximum absolute atomic E-state index is 11.1. The highest BCUT2D eigenvalue weighted by Crippen LogP contribution is 2.12. The van der Waals surface area contributed by atoms with Gasteiger partial charge in [0.2, 0.25) is 0 Å². The summed E-state index contributed by atoms with van der Waals surface area (Å²) in [5.41, 5.74) is -0.211. The van der Waals surface area contributed by atoms with Crippen LogP contribution in [0.25, 0.3) is 0 Å². The van der Waals surface area contributed by atoms with E-state index in [4.69, 9.17) is 9.47 Å². The Balaban J connectivity index is 3.62. The molecule has 13 heavy (non-hydrogen) atoms. The van der Waals surface area contributed by atoms with Crippen molar-refractivity contribution in [3.05, 3.63) is 0 Å². The van der Waals surface area contributed by atoms with Gasteiger partial charge < -0.3 is 9.47 Å². The van der Waals surface area contributed by atoms with E-state index in [0.717, 1.165) is 6.42 Å². The number of ether oxygens (including phenoxy) is 2. The first-order valence-electron chi connectivity index (χ1n) is 4.61. The highest BCUT2D eigenvalue weighted by Gasteiger charge is 2.17. The van der Waals surface area contributed by atoms with Crippen LogP contribution < -0.4 is 0 Å².